The highest BCUT2D eigenvalue weighted by Crippen LogP contribution is 2.19. The Labute approximate surface area is 151 Å². The van der Waals surface area contributed by atoms with Crippen molar-refractivity contribution in [2.75, 3.05) is 13.7 Å². The molecule has 0 spiro atoms. The number of esters is 1. The van der Waals surface area contributed by atoms with Gasteiger partial charge in [-0.25, -0.2) is 4.79 Å². The number of rotatable bonds is 8. The third-order valence-corrected chi connectivity index (χ3v) is 3.26. The van der Waals surface area contributed by atoms with E-state index in [1.54, 1.807) is 57.4 Å². The summed E-state index contributed by atoms with van der Waals surface area (Å²) in [7, 11) is 1.59. The second-order valence-electron chi connectivity index (χ2n) is 5.26. The average Bonchev–Trinajstić information content (AvgIpc) is 3.09. The van der Waals surface area contributed by atoms with E-state index in [-0.39, 0.29) is 19.0 Å². The highest BCUT2D eigenvalue weighted by molar-refractivity contribution is 5.93. The molecule has 2 aromatic rings. The number of hydrogen-bond acceptors (Lipinski definition) is 6. The fraction of sp³-hybridized carbons (Fsp3) is 0.263. The van der Waals surface area contributed by atoms with Crippen LogP contribution in [0.25, 0.3) is 0 Å². The minimum absolute atomic E-state index is 0.120. The van der Waals surface area contributed by atoms with Crippen molar-refractivity contribution in [1.29, 1.82) is 0 Å². The number of allylic oxidation sites excluding steroid dienone is 1. The van der Waals surface area contributed by atoms with E-state index in [0.717, 1.165) is 5.75 Å². The summed E-state index contributed by atoms with van der Waals surface area (Å²) < 4.78 is 20.9. The van der Waals surface area contributed by atoms with Crippen molar-refractivity contribution < 1.29 is 28.2 Å². The van der Waals surface area contributed by atoms with Crippen LogP contribution in [-0.4, -0.2) is 25.6 Å². The summed E-state index contributed by atoms with van der Waals surface area (Å²) >= 11 is 0. The van der Waals surface area contributed by atoms with Gasteiger partial charge in [0.15, 0.2) is 5.76 Å². The Bertz CT molecular complexity index is 776. The molecular formula is C19H21NO6. The lowest BCUT2D eigenvalue weighted by atomic mass is 10.3. The van der Waals surface area contributed by atoms with E-state index in [4.69, 9.17) is 18.6 Å². The Morgan fingerprint density at radius 1 is 1.12 bits per heavy atom. The van der Waals surface area contributed by atoms with E-state index in [9.17, 15) is 9.59 Å². The van der Waals surface area contributed by atoms with Gasteiger partial charge in [0, 0.05) is 11.8 Å². The molecule has 0 fully saturated rings. The number of hydrogen-bond donors (Lipinski definition) is 1. The van der Waals surface area contributed by atoms with Crippen molar-refractivity contribution >= 4 is 11.9 Å². The molecule has 1 N–H and O–H groups in total. The largest absolute Gasteiger partial charge is 0.497 e. The molecule has 0 unspecified atom stereocenters. The summed E-state index contributed by atoms with van der Waals surface area (Å²) in [6.07, 6.45) is 1.21. The first-order valence-electron chi connectivity index (χ1n) is 8.03. The summed E-state index contributed by atoms with van der Waals surface area (Å²) in [5.41, 5.74) is 0.362. The molecule has 26 heavy (non-hydrogen) atoms. The molecule has 0 bridgehead atoms. The first-order valence-corrected chi connectivity index (χ1v) is 8.03. The number of amides is 1. The maximum atomic E-state index is 12.1. The monoisotopic (exact) mass is 359 g/mol. The molecule has 1 aromatic heterocycles. The van der Waals surface area contributed by atoms with Gasteiger partial charge in [-0.2, -0.15) is 0 Å². The first-order chi connectivity index (χ1) is 12.5. The topological polar surface area (TPSA) is 87.0 Å². The van der Waals surface area contributed by atoms with Gasteiger partial charge in [0.2, 0.25) is 0 Å². The number of carbonyl (C=O) groups is 2. The lowest BCUT2D eigenvalue weighted by Crippen LogP contribution is -2.21. The standard InChI is InChI=1S/C19H21NO6/c1-4-24-18(21)11-13(2)20-19(22)17-10-9-16(26-17)12-25-15-7-5-14(23-3)6-8-15/h5-11H,4,12H2,1-3H3,(H,20,22)/b13-11+. The normalized spacial score (nSPS) is 11.0. The summed E-state index contributed by atoms with van der Waals surface area (Å²) in [5, 5.41) is 2.56. The molecule has 1 aromatic carbocycles. The molecule has 0 saturated carbocycles. The number of methoxy groups -OCH3 is 1. The van der Waals surface area contributed by atoms with Gasteiger partial charge in [-0.3, -0.25) is 4.79 Å². The van der Waals surface area contributed by atoms with Crippen LogP contribution >= 0.6 is 0 Å². The lowest BCUT2D eigenvalue weighted by molar-refractivity contribution is -0.137. The fourth-order valence-corrected chi connectivity index (χ4v) is 2.04. The van der Waals surface area contributed by atoms with Crippen molar-refractivity contribution in [2.24, 2.45) is 0 Å². The average molecular weight is 359 g/mol. The molecule has 1 heterocycles. The molecule has 7 heteroatoms. The molecular weight excluding hydrogens is 338 g/mol. The van der Waals surface area contributed by atoms with Crippen LogP contribution in [0.4, 0.5) is 0 Å². The maximum Gasteiger partial charge on any atom is 0.332 e. The van der Waals surface area contributed by atoms with Crippen LogP contribution in [0.3, 0.4) is 0 Å². The highest BCUT2D eigenvalue weighted by atomic mass is 16.5. The van der Waals surface area contributed by atoms with Crippen LogP contribution in [0.15, 0.2) is 52.6 Å². The molecule has 0 atom stereocenters. The van der Waals surface area contributed by atoms with Crippen LogP contribution in [-0.2, 0) is 16.1 Å². The lowest BCUT2D eigenvalue weighted by Gasteiger charge is -2.05. The van der Waals surface area contributed by atoms with Gasteiger partial charge in [0.1, 0.15) is 23.9 Å². The third kappa shape index (κ3) is 5.70. The molecule has 0 aliphatic heterocycles. The van der Waals surface area contributed by atoms with Gasteiger partial charge in [0.05, 0.1) is 13.7 Å². The van der Waals surface area contributed by atoms with Gasteiger partial charge in [-0.15, -0.1) is 0 Å². The van der Waals surface area contributed by atoms with Gasteiger partial charge in [-0.05, 0) is 50.2 Å². The van der Waals surface area contributed by atoms with E-state index >= 15 is 0 Å². The zero-order valence-electron chi connectivity index (χ0n) is 14.9. The molecule has 2 rings (SSSR count). The summed E-state index contributed by atoms with van der Waals surface area (Å²) in [5.74, 6) is 1.03. The molecule has 0 saturated heterocycles. The van der Waals surface area contributed by atoms with Crippen molar-refractivity contribution in [1.82, 2.24) is 5.32 Å². The van der Waals surface area contributed by atoms with Crippen molar-refractivity contribution in [3.05, 3.63) is 59.7 Å². The van der Waals surface area contributed by atoms with Crippen LogP contribution in [0, 0.1) is 0 Å². The Morgan fingerprint density at radius 2 is 1.81 bits per heavy atom. The van der Waals surface area contributed by atoms with Gasteiger partial charge < -0.3 is 23.9 Å². The second kappa shape index (κ2) is 9.31. The van der Waals surface area contributed by atoms with Crippen molar-refractivity contribution in [3.8, 4) is 11.5 Å². The summed E-state index contributed by atoms with van der Waals surface area (Å²) in [6.45, 7) is 3.74. The second-order valence-corrected chi connectivity index (χ2v) is 5.26. The number of nitrogens with one attached hydrogen (secondary N) is 1. The Morgan fingerprint density at radius 3 is 2.46 bits per heavy atom. The fourth-order valence-electron chi connectivity index (χ4n) is 2.04. The number of furan rings is 1. The van der Waals surface area contributed by atoms with E-state index in [2.05, 4.69) is 5.32 Å². The molecule has 138 valence electrons. The van der Waals surface area contributed by atoms with E-state index in [0.29, 0.717) is 17.2 Å². The van der Waals surface area contributed by atoms with Crippen LogP contribution in [0.5, 0.6) is 11.5 Å². The molecule has 0 radical (unpaired) electrons. The minimum atomic E-state index is -0.515. The van der Waals surface area contributed by atoms with E-state index in [1.807, 2.05) is 0 Å². The van der Waals surface area contributed by atoms with E-state index in [1.165, 1.54) is 6.08 Å². The van der Waals surface area contributed by atoms with E-state index < -0.39 is 11.9 Å². The SMILES string of the molecule is CCOC(=O)/C=C(\C)NC(=O)c1ccc(COc2ccc(OC)cc2)o1. The molecule has 1 amide bonds. The number of ether oxygens (including phenoxy) is 3. The van der Waals surface area contributed by atoms with Crippen LogP contribution in [0.2, 0.25) is 0 Å². The zero-order chi connectivity index (χ0) is 18.9. The van der Waals surface area contributed by atoms with Crippen LogP contribution < -0.4 is 14.8 Å². The smallest absolute Gasteiger partial charge is 0.332 e. The highest BCUT2D eigenvalue weighted by Gasteiger charge is 2.12. The Hall–Kier alpha value is -3.22. The third-order valence-electron chi connectivity index (χ3n) is 3.26. The Kier molecular flexibility index (Phi) is 6.84. The number of benzene rings is 1. The van der Waals surface area contributed by atoms with Gasteiger partial charge >= 0.3 is 5.97 Å². The molecule has 0 aliphatic carbocycles. The first kappa shape index (κ1) is 19.1. The predicted molar refractivity (Wildman–Crippen MR) is 93.9 cm³/mol. The van der Waals surface area contributed by atoms with Crippen molar-refractivity contribution in [2.45, 2.75) is 20.5 Å². The Balaban J connectivity index is 1.89. The quantitative estimate of drug-likeness (QED) is 0.576. The minimum Gasteiger partial charge on any atom is -0.497 e. The maximum absolute atomic E-state index is 12.1. The van der Waals surface area contributed by atoms with Gasteiger partial charge in [0.25, 0.3) is 5.91 Å². The summed E-state index contributed by atoms with van der Waals surface area (Å²) in [6, 6.07) is 10.3. The van der Waals surface area contributed by atoms with Crippen molar-refractivity contribution in [3.63, 3.8) is 0 Å². The zero-order valence-corrected chi connectivity index (χ0v) is 14.9. The molecule has 7 nitrogen and oxygen atoms in total. The van der Waals surface area contributed by atoms with Crippen LogP contribution in [0.1, 0.15) is 30.2 Å². The number of carbonyl (C=O) groups excluding carboxylic acids is 2. The van der Waals surface area contributed by atoms with Gasteiger partial charge in [-0.1, -0.05) is 0 Å². The predicted octanol–water partition coefficient (Wildman–Crippen LogP) is 3.06. The summed E-state index contributed by atoms with van der Waals surface area (Å²) in [4.78, 5) is 23.4. The molecule has 0 aliphatic rings.